The first-order chi connectivity index (χ1) is 13.8. The number of halogens is 2. The number of amides is 1. The molecule has 5 nitrogen and oxygen atoms in total. The van der Waals surface area contributed by atoms with Gasteiger partial charge in [-0.1, -0.05) is 47.5 Å². The van der Waals surface area contributed by atoms with E-state index in [4.69, 9.17) is 23.2 Å². The van der Waals surface area contributed by atoms with E-state index in [1.807, 2.05) is 17.5 Å². The molecular formula is C20H18Cl2N2O3S2. The highest BCUT2D eigenvalue weighted by Crippen LogP contribution is 2.26. The Labute approximate surface area is 183 Å². The summed E-state index contributed by atoms with van der Waals surface area (Å²) >= 11 is 13.7. The van der Waals surface area contributed by atoms with Crippen molar-refractivity contribution in [3.63, 3.8) is 0 Å². The fourth-order valence-electron chi connectivity index (χ4n) is 2.68. The van der Waals surface area contributed by atoms with E-state index in [1.165, 1.54) is 28.4 Å². The van der Waals surface area contributed by atoms with Crippen molar-refractivity contribution in [2.75, 3.05) is 7.05 Å². The molecule has 0 bridgehead atoms. The van der Waals surface area contributed by atoms with Crippen LogP contribution in [0.25, 0.3) is 0 Å². The highest BCUT2D eigenvalue weighted by molar-refractivity contribution is 7.89. The van der Waals surface area contributed by atoms with Crippen molar-refractivity contribution in [1.82, 2.24) is 9.62 Å². The summed E-state index contributed by atoms with van der Waals surface area (Å²) in [6.45, 7) is 0.442. The molecule has 0 saturated carbocycles. The van der Waals surface area contributed by atoms with E-state index in [0.29, 0.717) is 15.6 Å². The van der Waals surface area contributed by atoms with Gasteiger partial charge in [0.2, 0.25) is 10.0 Å². The molecule has 152 valence electrons. The van der Waals surface area contributed by atoms with Gasteiger partial charge in [-0.3, -0.25) is 4.79 Å². The summed E-state index contributed by atoms with van der Waals surface area (Å²) in [5.41, 5.74) is 0.973. The lowest BCUT2D eigenvalue weighted by Gasteiger charge is -2.19. The standard InChI is InChI=1S/C20H18Cl2N2O3S2/c1-24(13-15-6-3-9-18(21)19(15)22)20(25)14-5-2-8-17(11-14)29(26,27)23-12-16-7-4-10-28-16/h2-11,23H,12-13H2,1H3. The normalized spacial score (nSPS) is 11.4. The summed E-state index contributed by atoms with van der Waals surface area (Å²) in [5.74, 6) is -0.323. The van der Waals surface area contributed by atoms with E-state index in [2.05, 4.69) is 4.72 Å². The second-order valence-electron chi connectivity index (χ2n) is 6.31. The molecule has 1 amide bonds. The predicted molar refractivity (Wildman–Crippen MR) is 117 cm³/mol. The van der Waals surface area contributed by atoms with Crippen LogP contribution in [0.4, 0.5) is 0 Å². The van der Waals surface area contributed by atoms with Gasteiger partial charge in [0.05, 0.1) is 14.9 Å². The van der Waals surface area contributed by atoms with Crippen LogP contribution in [0.15, 0.2) is 64.9 Å². The lowest BCUT2D eigenvalue weighted by Crippen LogP contribution is -2.27. The number of nitrogens with one attached hydrogen (secondary N) is 1. The SMILES string of the molecule is CN(Cc1cccc(Cl)c1Cl)C(=O)c1cccc(S(=O)(=O)NCc2cccs2)c1. The molecule has 0 aliphatic rings. The van der Waals surface area contributed by atoms with E-state index in [9.17, 15) is 13.2 Å². The smallest absolute Gasteiger partial charge is 0.253 e. The zero-order chi connectivity index (χ0) is 21.0. The van der Waals surface area contributed by atoms with E-state index in [-0.39, 0.29) is 29.5 Å². The van der Waals surface area contributed by atoms with Gasteiger partial charge in [-0.05, 0) is 41.3 Å². The van der Waals surface area contributed by atoms with Gasteiger partial charge in [-0.2, -0.15) is 0 Å². The van der Waals surface area contributed by atoms with Crippen molar-refractivity contribution in [3.05, 3.63) is 86.0 Å². The van der Waals surface area contributed by atoms with Crippen molar-refractivity contribution in [2.24, 2.45) is 0 Å². The van der Waals surface area contributed by atoms with Crippen LogP contribution in [-0.4, -0.2) is 26.3 Å². The maximum atomic E-state index is 12.8. The molecule has 2 aromatic carbocycles. The van der Waals surface area contributed by atoms with Crippen molar-refractivity contribution < 1.29 is 13.2 Å². The minimum Gasteiger partial charge on any atom is -0.337 e. The predicted octanol–water partition coefficient (Wildman–Crippen LogP) is 4.81. The highest BCUT2D eigenvalue weighted by Gasteiger charge is 2.19. The highest BCUT2D eigenvalue weighted by atomic mass is 35.5. The number of benzene rings is 2. The van der Waals surface area contributed by atoms with Crippen molar-refractivity contribution in [1.29, 1.82) is 0 Å². The van der Waals surface area contributed by atoms with Gasteiger partial charge in [0, 0.05) is 30.6 Å². The van der Waals surface area contributed by atoms with E-state index in [0.717, 1.165) is 4.88 Å². The molecule has 0 aliphatic carbocycles. The molecule has 1 N–H and O–H groups in total. The average Bonchev–Trinajstić information content (AvgIpc) is 3.23. The van der Waals surface area contributed by atoms with E-state index >= 15 is 0 Å². The first-order valence-corrected chi connectivity index (χ1v) is 11.7. The molecule has 1 heterocycles. The fraction of sp³-hybridized carbons (Fsp3) is 0.150. The molecule has 1 aromatic heterocycles. The number of nitrogens with zero attached hydrogens (tertiary/aromatic N) is 1. The lowest BCUT2D eigenvalue weighted by atomic mass is 10.1. The van der Waals surface area contributed by atoms with Gasteiger partial charge in [-0.15, -0.1) is 11.3 Å². The second-order valence-corrected chi connectivity index (χ2v) is 9.89. The Morgan fingerprint density at radius 3 is 2.59 bits per heavy atom. The first kappa shape index (κ1) is 21.8. The molecule has 0 fully saturated rings. The zero-order valence-corrected chi connectivity index (χ0v) is 18.6. The maximum Gasteiger partial charge on any atom is 0.253 e. The Kier molecular flexibility index (Phi) is 6.97. The van der Waals surface area contributed by atoms with Crippen molar-refractivity contribution in [3.8, 4) is 0 Å². The van der Waals surface area contributed by atoms with Crippen LogP contribution in [0.5, 0.6) is 0 Å². The quantitative estimate of drug-likeness (QED) is 0.540. The number of hydrogen-bond donors (Lipinski definition) is 1. The third-order valence-corrected chi connectivity index (χ3v) is 7.33. The monoisotopic (exact) mass is 468 g/mol. The number of carbonyl (C=O) groups excluding carboxylic acids is 1. The van der Waals surface area contributed by atoms with Crippen LogP contribution in [0, 0.1) is 0 Å². The molecule has 0 aliphatic heterocycles. The molecule has 3 rings (SSSR count). The third kappa shape index (κ3) is 5.38. The molecule has 3 aromatic rings. The molecule has 0 radical (unpaired) electrons. The van der Waals surface area contributed by atoms with Gasteiger partial charge in [-0.25, -0.2) is 13.1 Å². The van der Waals surface area contributed by atoms with Crippen LogP contribution in [-0.2, 0) is 23.1 Å². The van der Waals surface area contributed by atoms with E-state index < -0.39 is 10.0 Å². The van der Waals surface area contributed by atoms with Gasteiger partial charge in [0.1, 0.15) is 0 Å². The molecule has 29 heavy (non-hydrogen) atoms. The number of hydrogen-bond acceptors (Lipinski definition) is 4. The summed E-state index contributed by atoms with van der Waals surface area (Å²) < 4.78 is 27.7. The second kappa shape index (κ2) is 9.28. The molecule has 9 heteroatoms. The lowest BCUT2D eigenvalue weighted by molar-refractivity contribution is 0.0785. The van der Waals surface area contributed by atoms with Gasteiger partial charge < -0.3 is 4.90 Å². The molecular weight excluding hydrogens is 451 g/mol. The average molecular weight is 469 g/mol. The molecule has 0 saturated heterocycles. The van der Waals surface area contributed by atoms with Crippen LogP contribution >= 0.6 is 34.5 Å². The van der Waals surface area contributed by atoms with Crippen molar-refractivity contribution in [2.45, 2.75) is 18.0 Å². The van der Waals surface area contributed by atoms with Gasteiger partial charge in [0.25, 0.3) is 5.91 Å². The number of sulfonamides is 1. The number of thiophene rings is 1. The van der Waals surface area contributed by atoms with Gasteiger partial charge in [0.15, 0.2) is 0 Å². The maximum absolute atomic E-state index is 12.8. The largest absolute Gasteiger partial charge is 0.337 e. The minimum absolute atomic E-state index is 0.0362. The van der Waals surface area contributed by atoms with Crippen LogP contribution in [0.1, 0.15) is 20.8 Å². The number of carbonyl (C=O) groups is 1. The summed E-state index contributed by atoms with van der Waals surface area (Å²) in [5, 5.41) is 2.68. The molecule has 0 atom stereocenters. The molecule has 0 unspecified atom stereocenters. The summed E-state index contributed by atoms with van der Waals surface area (Å²) in [6, 6.07) is 14.9. The van der Waals surface area contributed by atoms with Crippen LogP contribution in [0.3, 0.4) is 0 Å². The number of rotatable bonds is 7. The topological polar surface area (TPSA) is 66.5 Å². The first-order valence-electron chi connectivity index (χ1n) is 8.58. The summed E-state index contributed by atoms with van der Waals surface area (Å²) in [6.07, 6.45) is 0. The summed E-state index contributed by atoms with van der Waals surface area (Å²) in [4.78, 5) is 15.2. The Hall–Kier alpha value is -1.90. The van der Waals surface area contributed by atoms with Crippen molar-refractivity contribution >= 4 is 50.5 Å². The fourth-order valence-corrected chi connectivity index (χ4v) is 4.85. The van der Waals surface area contributed by atoms with Crippen LogP contribution in [0.2, 0.25) is 10.0 Å². The zero-order valence-electron chi connectivity index (χ0n) is 15.4. The minimum atomic E-state index is -3.74. The van der Waals surface area contributed by atoms with Crippen LogP contribution < -0.4 is 4.72 Å². The Morgan fingerprint density at radius 2 is 1.86 bits per heavy atom. The Bertz CT molecular complexity index is 1120. The third-order valence-electron chi connectivity index (χ3n) is 4.19. The summed E-state index contributed by atoms with van der Waals surface area (Å²) in [7, 11) is -2.12. The Morgan fingerprint density at radius 1 is 1.10 bits per heavy atom. The molecule has 0 spiro atoms. The Balaban J connectivity index is 1.75. The van der Waals surface area contributed by atoms with Gasteiger partial charge >= 0.3 is 0 Å². The van der Waals surface area contributed by atoms with E-state index in [1.54, 1.807) is 37.4 Å².